The van der Waals surface area contributed by atoms with Crippen LogP contribution >= 0.6 is 11.3 Å². The first kappa shape index (κ1) is 14.0. The maximum atomic E-state index is 3.72. The number of hydrogen-bond acceptors (Lipinski definition) is 3. The fourth-order valence-electron chi connectivity index (χ4n) is 2.76. The van der Waals surface area contributed by atoms with E-state index >= 15 is 0 Å². The first-order chi connectivity index (χ1) is 8.70. The Bertz CT molecular complexity index is 334. The van der Waals surface area contributed by atoms with E-state index in [2.05, 4.69) is 47.8 Å². The van der Waals surface area contributed by atoms with Gasteiger partial charge in [0.2, 0.25) is 0 Å². The first-order valence-corrected chi connectivity index (χ1v) is 8.13. The van der Waals surface area contributed by atoms with E-state index in [-0.39, 0.29) is 0 Å². The van der Waals surface area contributed by atoms with Crippen LogP contribution in [0.4, 0.5) is 0 Å². The van der Waals surface area contributed by atoms with E-state index in [1.165, 1.54) is 24.9 Å². The van der Waals surface area contributed by atoms with E-state index in [0.717, 1.165) is 19.0 Å². The van der Waals surface area contributed by atoms with E-state index in [0.29, 0.717) is 12.1 Å². The summed E-state index contributed by atoms with van der Waals surface area (Å²) in [6.07, 6.45) is 2.58. The molecular formula is C15H26N2S. The summed E-state index contributed by atoms with van der Waals surface area (Å²) in [6, 6.07) is 3.63. The fourth-order valence-corrected chi connectivity index (χ4v) is 3.42. The maximum Gasteiger partial charge on any atom is 0.0246 e. The highest BCUT2D eigenvalue weighted by molar-refractivity contribution is 7.07. The van der Waals surface area contributed by atoms with Crippen molar-refractivity contribution in [2.24, 2.45) is 5.92 Å². The minimum Gasteiger partial charge on any atom is -0.311 e. The summed E-state index contributed by atoms with van der Waals surface area (Å²) in [6.45, 7) is 10.4. The van der Waals surface area contributed by atoms with Gasteiger partial charge in [-0.2, -0.15) is 11.3 Å². The molecule has 102 valence electrons. The summed E-state index contributed by atoms with van der Waals surface area (Å²) in [5.41, 5.74) is 1.48. The lowest BCUT2D eigenvalue weighted by Gasteiger charge is -2.42. The number of piperazine rings is 1. The summed E-state index contributed by atoms with van der Waals surface area (Å²) >= 11 is 1.81. The van der Waals surface area contributed by atoms with Gasteiger partial charge in [0.25, 0.3) is 0 Å². The van der Waals surface area contributed by atoms with Crippen LogP contribution in [0.25, 0.3) is 0 Å². The molecule has 2 unspecified atom stereocenters. The Morgan fingerprint density at radius 3 is 2.94 bits per heavy atom. The zero-order valence-electron chi connectivity index (χ0n) is 11.9. The van der Waals surface area contributed by atoms with E-state index in [4.69, 9.17) is 0 Å². The largest absolute Gasteiger partial charge is 0.311 e. The summed E-state index contributed by atoms with van der Waals surface area (Å²) in [7, 11) is 0. The Labute approximate surface area is 115 Å². The summed E-state index contributed by atoms with van der Waals surface area (Å²) < 4.78 is 0. The Hall–Kier alpha value is -0.380. The molecule has 2 atom stereocenters. The highest BCUT2D eigenvalue weighted by Gasteiger charge is 2.28. The second-order valence-corrected chi connectivity index (χ2v) is 6.54. The van der Waals surface area contributed by atoms with Crippen molar-refractivity contribution in [1.29, 1.82) is 0 Å². The molecule has 1 fully saturated rings. The standard InChI is InChI=1S/C15H26N2S/c1-4-5-14-8-16-15(12(2)3)10-17(14)9-13-6-7-18-11-13/h6-7,11-12,14-16H,4-5,8-10H2,1-3H3. The average Bonchev–Trinajstić information content (AvgIpc) is 2.84. The van der Waals surface area contributed by atoms with Crippen LogP contribution in [-0.4, -0.2) is 30.1 Å². The Balaban J connectivity index is 2.00. The number of thiophene rings is 1. The molecule has 1 saturated heterocycles. The molecule has 1 aromatic rings. The predicted molar refractivity (Wildman–Crippen MR) is 80.1 cm³/mol. The van der Waals surface area contributed by atoms with Crippen molar-refractivity contribution in [3.05, 3.63) is 22.4 Å². The van der Waals surface area contributed by atoms with Gasteiger partial charge in [-0.1, -0.05) is 27.2 Å². The van der Waals surface area contributed by atoms with Crippen LogP contribution in [0.1, 0.15) is 39.2 Å². The van der Waals surface area contributed by atoms with E-state index in [1.807, 2.05) is 11.3 Å². The second-order valence-electron chi connectivity index (χ2n) is 5.76. The van der Waals surface area contributed by atoms with Crippen molar-refractivity contribution in [3.63, 3.8) is 0 Å². The van der Waals surface area contributed by atoms with Gasteiger partial charge in [-0.25, -0.2) is 0 Å². The second kappa shape index (κ2) is 6.69. The third kappa shape index (κ3) is 3.56. The van der Waals surface area contributed by atoms with Crippen LogP contribution in [0.15, 0.2) is 16.8 Å². The lowest BCUT2D eigenvalue weighted by Crippen LogP contribution is -2.57. The van der Waals surface area contributed by atoms with Crippen LogP contribution < -0.4 is 5.32 Å². The van der Waals surface area contributed by atoms with Gasteiger partial charge < -0.3 is 5.32 Å². The van der Waals surface area contributed by atoms with Crippen molar-refractivity contribution < 1.29 is 0 Å². The molecule has 0 bridgehead atoms. The van der Waals surface area contributed by atoms with Crippen LogP contribution in [0, 0.1) is 5.92 Å². The van der Waals surface area contributed by atoms with E-state index in [9.17, 15) is 0 Å². The molecule has 1 aromatic heterocycles. The summed E-state index contributed by atoms with van der Waals surface area (Å²) in [4.78, 5) is 2.69. The molecule has 2 heterocycles. The molecule has 18 heavy (non-hydrogen) atoms. The predicted octanol–water partition coefficient (Wildman–Crippen LogP) is 3.35. The molecule has 2 nitrogen and oxygen atoms in total. The average molecular weight is 266 g/mol. The Morgan fingerprint density at radius 2 is 2.33 bits per heavy atom. The molecule has 2 rings (SSSR count). The molecule has 3 heteroatoms. The van der Waals surface area contributed by atoms with Crippen molar-refractivity contribution in [2.75, 3.05) is 13.1 Å². The topological polar surface area (TPSA) is 15.3 Å². The van der Waals surface area contributed by atoms with Crippen LogP contribution in [-0.2, 0) is 6.54 Å². The molecule has 1 aliphatic rings. The van der Waals surface area contributed by atoms with Gasteiger partial charge in [0, 0.05) is 31.7 Å². The zero-order valence-corrected chi connectivity index (χ0v) is 12.7. The van der Waals surface area contributed by atoms with Gasteiger partial charge in [-0.15, -0.1) is 0 Å². The normalized spacial score (nSPS) is 25.8. The van der Waals surface area contributed by atoms with Gasteiger partial charge in [-0.05, 0) is 34.7 Å². The molecule has 1 aliphatic heterocycles. The monoisotopic (exact) mass is 266 g/mol. The highest BCUT2D eigenvalue weighted by Crippen LogP contribution is 2.19. The number of hydrogen-bond donors (Lipinski definition) is 1. The molecule has 0 radical (unpaired) electrons. The zero-order chi connectivity index (χ0) is 13.0. The molecule has 1 N–H and O–H groups in total. The molecule has 0 saturated carbocycles. The quantitative estimate of drug-likeness (QED) is 0.879. The minimum absolute atomic E-state index is 0.650. The van der Waals surface area contributed by atoms with Crippen molar-refractivity contribution in [3.8, 4) is 0 Å². The molecule has 0 aliphatic carbocycles. The van der Waals surface area contributed by atoms with Crippen molar-refractivity contribution in [1.82, 2.24) is 10.2 Å². The highest BCUT2D eigenvalue weighted by atomic mass is 32.1. The van der Waals surface area contributed by atoms with E-state index < -0.39 is 0 Å². The molecule has 0 aromatic carbocycles. The van der Waals surface area contributed by atoms with Crippen LogP contribution in [0.2, 0.25) is 0 Å². The Morgan fingerprint density at radius 1 is 1.50 bits per heavy atom. The molecule has 0 spiro atoms. The van der Waals surface area contributed by atoms with E-state index in [1.54, 1.807) is 0 Å². The maximum absolute atomic E-state index is 3.72. The SMILES string of the molecule is CCCC1CNC(C(C)C)CN1Cc1ccsc1. The lowest BCUT2D eigenvalue weighted by molar-refractivity contribution is 0.0999. The smallest absolute Gasteiger partial charge is 0.0246 e. The lowest BCUT2D eigenvalue weighted by atomic mass is 9.97. The number of nitrogens with zero attached hydrogens (tertiary/aromatic N) is 1. The number of nitrogens with one attached hydrogen (secondary N) is 1. The van der Waals surface area contributed by atoms with Gasteiger partial charge in [0.15, 0.2) is 0 Å². The third-order valence-corrected chi connectivity index (χ3v) is 4.69. The number of rotatable bonds is 5. The summed E-state index contributed by atoms with van der Waals surface area (Å²) in [5.74, 6) is 0.720. The van der Waals surface area contributed by atoms with Crippen LogP contribution in [0.5, 0.6) is 0 Å². The van der Waals surface area contributed by atoms with Crippen LogP contribution in [0.3, 0.4) is 0 Å². The van der Waals surface area contributed by atoms with Crippen molar-refractivity contribution >= 4 is 11.3 Å². The minimum atomic E-state index is 0.650. The van der Waals surface area contributed by atoms with Gasteiger partial charge >= 0.3 is 0 Å². The fraction of sp³-hybridized carbons (Fsp3) is 0.733. The summed E-state index contributed by atoms with van der Waals surface area (Å²) in [5, 5.41) is 8.20. The molecular weight excluding hydrogens is 240 g/mol. The first-order valence-electron chi connectivity index (χ1n) is 7.19. The molecule has 0 amide bonds. The van der Waals surface area contributed by atoms with Gasteiger partial charge in [-0.3, -0.25) is 4.90 Å². The van der Waals surface area contributed by atoms with Gasteiger partial charge in [0.1, 0.15) is 0 Å². The van der Waals surface area contributed by atoms with Crippen molar-refractivity contribution in [2.45, 2.75) is 52.2 Å². The Kier molecular flexibility index (Phi) is 5.22. The van der Waals surface area contributed by atoms with Gasteiger partial charge in [0.05, 0.1) is 0 Å². The third-order valence-electron chi connectivity index (χ3n) is 3.96.